The highest BCUT2D eigenvalue weighted by molar-refractivity contribution is 7.89. The first-order chi connectivity index (χ1) is 4.90. The maximum absolute atomic E-state index is 11.7. The van der Waals surface area contributed by atoms with E-state index in [1.54, 1.807) is 0 Å². The summed E-state index contributed by atoms with van der Waals surface area (Å²) in [4.78, 5) is 0. The van der Waals surface area contributed by atoms with E-state index in [4.69, 9.17) is 11.2 Å². The van der Waals surface area contributed by atoms with Crippen molar-refractivity contribution in [1.82, 2.24) is 0 Å². The van der Waals surface area contributed by atoms with Gasteiger partial charge in [0.1, 0.15) is 0 Å². The molecule has 0 aliphatic carbocycles. The van der Waals surface area contributed by atoms with Gasteiger partial charge in [0.25, 0.3) is 0 Å². The van der Waals surface area contributed by atoms with Crippen molar-refractivity contribution >= 4 is 17.7 Å². The summed E-state index contributed by atoms with van der Waals surface area (Å²) in [5.41, 5.74) is 0.173. The summed E-state index contributed by atoms with van der Waals surface area (Å²) in [6.07, 6.45) is 1.58. The van der Waals surface area contributed by atoms with Crippen molar-refractivity contribution in [2.24, 2.45) is 5.92 Å². The third-order valence-electron chi connectivity index (χ3n) is 1.86. The molecule has 0 amide bonds. The Morgan fingerprint density at radius 2 is 1.82 bits per heavy atom. The first-order valence-corrected chi connectivity index (χ1v) is 7.05. The van der Waals surface area contributed by atoms with Crippen LogP contribution in [0.3, 0.4) is 0 Å². The summed E-state index contributed by atoms with van der Waals surface area (Å²) in [6, 6.07) is 0. The van der Waals surface area contributed by atoms with Crippen LogP contribution in [-0.2, 0) is 4.57 Å². The number of hydrogen-bond donors (Lipinski definition) is 0. The molecule has 0 rings (SSSR count). The van der Waals surface area contributed by atoms with Gasteiger partial charge in [0.2, 0.25) is 0 Å². The van der Waals surface area contributed by atoms with Crippen molar-refractivity contribution in [3.63, 3.8) is 0 Å². The van der Waals surface area contributed by atoms with Gasteiger partial charge in [0.05, 0.1) is 0 Å². The van der Waals surface area contributed by atoms with E-state index in [9.17, 15) is 4.57 Å². The van der Waals surface area contributed by atoms with Gasteiger partial charge in [-0.2, -0.15) is 0 Å². The minimum atomic E-state index is -2.37. The molecule has 68 valence electrons. The highest BCUT2D eigenvalue weighted by Gasteiger charge is 2.26. The van der Waals surface area contributed by atoms with Gasteiger partial charge in [0.15, 0.2) is 6.49 Å². The molecule has 0 fully saturated rings. The number of rotatable bonds is 4. The minimum Gasteiger partial charge on any atom is -0.306 e. The largest absolute Gasteiger partial charge is 0.306 e. The Morgan fingerprint density at radius 3 is 2.09 bits per heavy atom. The third kappa shape index (κ3) is 4.18. The molecule has 0 aromatic heterocycles. The van der Waals surface area contributed by atoms with Gasteiger partial charge in [0, 0.05) is 11.8 Å². The molecule has 0 aromatic rings. The second-order valence-electron chi connectivity index (χ2n) is 3.54. The van der Waals surface area contributed by atoms with E-state index in [1.165, 1.54) is 0 Å². The van der Waals surface area contributed by atoms with Gasteiger partial charge >= 0.3 is 0 Å². The van der Waals surface area contributed by atoms with Gasteiger partial charge in [-0.15, -0.1) is 0 Å². The molecule has 2 unspecified atom stereocenters. The normalized spacial score (nSPS) is 19.8. The molecule has 0 saturated heterocycles. The zero-order chi connectivity index (χ0) is 9.07. The van der Waals surface area contributed by atoms with Crippen LogP contribution in [0.25, 0.3) is 0 Å². The molecule has 0 heterocycles. The van der Waals surface area contributed by atoms with Crippen LogP contribution >= 0.6 is 17.7 Å². The SMILES string of the molecule is CCC(C)P(=O)(Cl)CC(C)C. The van der Waals surface area contributed by atoms with Crippen molar-refractivity contribution in [2.45, 2.75) is 39.8 Å². The molecule has 0 N–H and O–H groups in total. The van der Waals surface area contributed by atoms with Gasteiger partial charge in [-0.05, 0) is 12.3 Å². The van der Waals surface area contributed by atoms with Gasteiger partial charge in [-0.3, -0.25) is 0 Å². The van der Waals surface area contributed by atoms with Crippen molar-refractivity contribution in [2.75, 3.05) is 6.16 Å². The monoisotopic (exact) mass is 196 g/mol. The first-order valence-electron chi connectivity index (χ1n) is 4.18. The van der Waals surface area contributed by atoms with Crippen molar-refractivity contribution in [3.8, 4) is 0 Å². The van der Waals surface area contributed by atoms with Crippen LogP contribution < -0.4 is 0 Å². The van der Waals surface area contributed by atoms with Gasteiger partial charge < -0.3 is 4.57 Å². The lowest BCUT2D eigenvalue weighted by Gasteiger charge is -2.18. The Labute approximate surface area is 74.7 Å². The topological polar surface area (TPSA) is 17.1 Å². The van der Waals surface area contributed by atoms with E-state index in [2.05, 4.69) is 13.8 Å². The van der Waals surface area contributed by atoms with E-state index in [0.29, 0.717) is 12.1 Å². The standard InChI is InChI=1S/C8H18ClOP/c1-5-8(4)11(9,10)6-7(2)3/h7-8H,5-6H2,1-4H3. The molecule has 11 heavy (non-hydrogen) atoms. The fourth-order valence-electron chi connectivity index (χ4n) is 0.950. The minimum absolute atomic E-state index is 0.173. The molecule has 0 aliphatic rings. The van der Waals surface area contributed by atoms with E-state index in [-0.39, 0.29) is 5.66 Å². The Bertz CT molecular complexity index is 156. The Hall–Kier alpha value is 0.520. The van der Waals surface area contributed by atoms with Crippen LogP contribution in [0, 0.1) is 5.92 Å². The Kier molecular flexibility index (Phi) is 4.74. The lowest BCUT2D eigenvalue weighted by molar-refractivity contribution is 0.565. The van der Waals surface area contributed by atoms with Crippen molar-refractivity contribution in [1.29, 1.82) is 0 Å². The lowest BCUT2D eigenvalue weighted by Crippen LogP contribution is -2.04. The molecule has 0 aromatic carbocycles. The highest BCUT2D eigenvalue weighted by Crippen LogP contribution is 2.57. The highest BCUT2D eigenvalue weighted by atomic mass is 35.7. The van der Waals surface area contributed by atoms with Crippen molar-refractivity contribution < 1.29 is 4.57 Å². The summed E-state index contributed by atoms with van der Waals surface area (Å²) in [6.45, 7) is 5.73. The molecule has 0 radical (unpaired) electrons. The van der Waals surface area contributed by atoms with E-state index in [1.807, 2.05) is 13.8 Å². The van der Waals surface area contributed by atoms with Crippen molar-refractivity contribution in [3.05, 3.63) is 0 Å². The first kappa shape index (κ1) is 11.5. The maximum Gasteiger partial charge on any atom is 0.172 e. The molecule has 0 bridgehead atoms. The predicted molar refractivity (Wildman–Crippen MR) is 52.9 cm³/mol. The van der Waals surface area contributed by atoms with Crippen LogP contribution in [0.5, 0.6) is 0 Å². The smallest absolute Gasteiger partial charge is 0.172 e. The molecule has 0 aliphatic heterocycles. The summed E-state index contributed by atoms with van der Waals surface area (Å²) in [5.74, 6) is 0.437. The molecule has 0 saturated carbocycles. The zero-order valence-corrected chi connectivity index (χ0v) is 9.45. The molecule has 1 nitrogen and oxygen atoms in total. The van der Waals surface area contributed by atoms with Crippen LogP contribution in [0.15, 0.2) is 0 Å². The fraction of sp³-hybridized carbons (Fsp3) is 1.00. The predicted octanol–water partition coefficient (Wildman–Crippen LogP) is 3.96. The average molecular weight is 197 g/mol. The molecule has 2 atom stereocenters. The average Bonchev–Trinajstić information content (AvgIpc) is 1.83. The molecule has 0 spiro atoms. The fourth-order valence-corrected chi connectivity index (χ4v) is 4.09. The summed E-state index contributed by atoms with van der Waals surface area (Å²) >= 11 is 5.94. The summed E-state index contributed by atoms with van der Waals surface area (Å²) in [5, 5.41) is 0. The van der Waals surface area contributed by atoms with Crippen LogP contribution in [-0.4, -0.2) is 11.8 Å². The van der Waals surface area contributed by atoms with Gasteiger partial charge in [-0.25, -0.2) is 0 Å². The summed E-state index contributed by atoms with van der Waals surface area (Å²) in [7, 11) is 0. The lowest BCUT2D eigenvalue weighted by atomic mass is 10.3. The zero-order valence-electron chi connectivity index (χ0n) is 7.80. The maximum atomic E-state index is 11.7. The van der Waals surface area contributed by atoms with E-state index < -0.39 is 6.49 Å². The molecular weight excluding hydrogens is 179 g/mol. The van der Waals surface area contributed by atoms with Gasteiger partial charge in [-0.1, -0.05) is 38.9 Å². The quantitative estimate of drug-likeness (QED) is 0.622. The van der Waals surface area contributed by atoms with E-state index >= 15 is 0 Å². The Morgan fingerprint density at radius 1 is 1.36 bits per heavy atom. The van der Waals surface area contributed by atoms with Crippen LogP contribution in [0.4, 0.5) is 0 Å². The van der Waals surface area contributed by atoms with Crippen LogP contribution in [0.1, 0.15) is 34.1 Å². The Balaban J connectivity index is 4.10. The summed E-state index contributed by atoms with van der Waals surface area (Å²) < 4.78 is 11.7. The molecule has 3 heteroatoms. The second-order valence-corrected chi connectivity index (χ2v) is 7.91. The van der Waals surface area contributed by atoms with E-state index in [0.717, 1.165) is 6.42 Å². The molecular formula is C8H18ClOP. The number of halogens is 1. The third-order valence-corrected chi connectivity index (χ3v) is 6.19. The van der Waals surface area contributed by atoms with Crippen LogP contribution in [0.2, 0.25) is 0 Å². The number of hydrogen-bond acceptors (Lipinski definition) is 1. The second kappa shape index (κ2) is 4.52.